The third kappa shape index (κ3) is 31.2. The Bertz CT molecular complexity index is 926. The number of phosphoric acid groups is 1. The molecule has 0 aromatic carbocycles. The molecule has 4 N–H and O–H groups in total. The number of esters is 2. The van der Waals surface area contributed by atoms with Gasteiger partial charge in [0.15, 0.2) is 6.10 Å². The van der Waals surface area contributed by atoms with Gasteiger partial charge in [-0.25, -0.2) is 4.57 Å². The Labute approximate surface area is 290 Å². The first kappa shape index (κ1) is 46.0. The average Bonchev–Trinajstić information content (AvgIpc) is 3.05. The highest BCUT2D eigenvalue weighted by Crippen LogP contribution is 2.43. The number of allylic oxidation sites excluding steroid dienone is 4. The van der Waals surface area contributed by atoms with Crippen molar-refractivity contribution in [1.29, 1.82) is 0 Å². The van der Waals surface area contributed by atoms with Gasteiger partial charge in [0.25, 0.3) is 0 Å². The van der Waals surface area contributed by atoms with E-state index in [-0.39, 0.29) is 19.4 Å². The summed E-state index contributed by atoms with van der Waals surface area (Å²) in [5, 5.41) is 8.84. The second-order valence-electron chi connectivity index (χ2n) is 12.4. The number of hydrogen-bond donors (Lipinski definition) is 3. The van der Waals surface area contributed by atoms with E-state index < -0.39 is 51.1 Å². The zero-order valence-electron chi connectivity index (χ0n) is 29.8. The Hall–Kier alpha value is -2.04. The maximum Gasteiger partial charge on any atom is 0.472 e. The van der Waals surface area contributed by atoms with Crippen LogP contribution in [0.2, 0.25) is 0 Å². The lowest BCUT2D eigenvalue weighted by Gasteiger charge is -2.20. The Kier molecular flexibility index (Phi) is 30.8. The van der Waals surface area contributed by atoms with Crippen LogP contribution in [0.4, 0.5) is 0 Å². The highest BCUT2D eigenvalue weighted by atomic mass is 31.2. The fourth-order valence-electron chi connectivity index (χ4n) is 4.74. The molecule has 1 unspecified atom stereocenters. The lowest BCUT2D eigenvalue weighted by Crippen LogP contribution is -2.34. The van der Waals surface area contributed by atoms with Gasteiger partial charge in [-0.1, -0.05) is 122 Å². The monoisotopic (exact) mass is 703 g/mol. The van der Waals surface area contributed by atoms with Crippen LogP contribution in [-0.2, 0) is 37.5 Å². The lowest BCUT2D eigenvalue weighted by atomic mass is 10.1. The highest BCUT2D eigenvalue weighted by molar-refractivity contribution is 7.47. The van der Waals surface area contributed by atoms with Crippen molar-refractivity contribution in [3.8, 4) is 0 Å². The molecule has 0 aliphatic heterocycles. The van der Waals surface area contributed by atoms with Gasteiger partial charge in [-0.15, -0.1) is 0 Å². The molecule has 3 atom stereocenters. The number of carboxylic acid groups (broad SMARTS) is 1. The topological polar surface area (TPSA) is 172 Å². The number of carbonyl (C=O) groups excluding carboxylic acids is 2. The van der Waals surface area contributed by atoms with Crippen molar-refractivity contribution in [1.82, 2.24) is 0 Å². The molecule has 0 fully saturated rings. The number of carbonyl (C=O) groups is 3. The summed E-state index contributed by atoms with van der Waals surface area (Å²) in [6.45, 7) is 2.71. The first-order valence-electron chi connectivity index (χ1n) is 18.4. The van der Waals surface area contributed by atoms with Gasteiger partial charge in [0.1, 0.15) is 12.6 Å². The standard InChI is InChI=1S/C36H66NO10P/c1-3-5-7-9-11-13-14-15-16-17-18-20-22-24-26-28-35(39)47-32(30-45-48(42,43)46-31-33(37)36(40)41)29-44-34(38)27-25-23-21-19-12-10-8-6-4-2/h15-16,18,20,32-33H,3-14,17,19,21-31,37H2,1-2H3,(H,40,41)(H,42,43)/b16-15+,20-18+/t32-,33-/m0/s1. The van der Waals surface area contributed by atoms with Crippen LogP contribution < -0.4 is 5.73 Å². The Balaban J connectivity index is 4.51. The van der Waals surface area contributed by atoms with E-state index in [2.05, 4.69) is 42.7 Å². The maximum atomic E-state index is 12.5. The molecule has 0 heterocycles. The number of unbranched alkanes of at least 4 members (excludes halogenated alkanes) is 16. The largest absolute Gasteiger partial charge is 0.480 e. The minimum absolute atomic E-state index is 0.121. The molecule has 0 rings (SSSR count). The Morgan fingerprint density at radius 3 is 1.67 bits per heavy atom. The quantitative estimate of drug-likeness (QED) is 0.0253. The zero-order chi connectivity index (χ0) is 35.7. The van der Waals surface area contributed by atoms with Crippen molar-refractivity contribution >= 4 is 25.7 Å². The van der Waals surface area contributed by atoms with Gasteiger partial charge in [0.2, 0.25) is 0 Å². The summed E-state index contributed by atoms with van der Waals surface area (Å²) in [5.41, 5.74) is 5.30. The molecule has 12 heteroatoms. The number of phosphoric ester groups is 1. The molecule has 0 aromatic heterocycles. The maximum absolute atomic E-state index is 12.5. The average molecular weight is 704 g/mol. The number of carboxylic acids is 1. The fraction of sp³-hybridized carbons (Fsp3) is 0.806. The molecule has 0 aliphatic carbocycles. The summed E-state index contributed by atoms with van der Waals surface area (Å²) >= 11 is 0. The first-order chi connectivity index (χ1) is 23.1. The zero-order valence-corrected chi connectivity index (χ0v) is 30.7. The van der Waals surface area contributed by atoms with Crippen LogP contribution in [0.25, 0.3) is 0 Å². The summed E-state index contributed by atoms with van der Waals surface area (Å²) < 4.78 is 32.4. The number of aliphatic carboxylic acids is 1. The van der Waals surface area contributed by atoms with E-state index >= 15 is 0 Å². The Morgan fingerprint density at radius 2 is 1.10 bits per heavy atom. The van der Waals surface area contributed by atoms with E-state index in [1.54, 1.807) is 0 Å². The molecular formula is C36H66NO10P. The molecule has 0 saturated carbocycles. The van der Waals surface area contributed by atoms with Crippen LogP contribution in [-0.4, -0.2) is 59.9 Å². The normalized spacial score (nSPS) is 14.2. The van der Waals surface area contributed by atoms with Crippen LogP contribution in [0, 0.1) is 0 Å². The van der Waals surface area contributed by atoms with E-state index in [9.17, 15) is 23.8 Å². The van der Waals surface area contributed by atoms with E-state index in [0.717, 1.165) is 44.9 Å². The van der Waals surface area contributed by atoms with Gasteiger partial charge < -0.3 is 25.2 Å². The van der Waals surface area contributed by atoms with Gasteiger partial charge in [-0.2, -0.15) is 0 Å². The fourth-order valence-corrected chi connectivity index (χ4v) is 5.52. The molecule has 48 heavy (non-hydrogen) atoms. The minimum Gasteiger partial charge on any atom is -0.480 e. The van der Waals surface area contributed by atoms with E-state index in [1.165, 1.54) is 70.6 Å². The number of hydrogen-bond acceptors (Lipinski definition) is 9. The number of rotatable bonds is 34. The van der Waals surface area contributed by atoms with Gasteiger partial charge in [0, 0.05) is 12.8 Å². The molecular weight excluding hydrogens is 637 g/mol. The van der Waals surface area contributed by atoms with E-state index in [0.29, 0.717) is 12.8 Å². The van der Waals surface area contributed by atoms with Crippen molar-refractivity contribution in [3.05, 3.63) is 24.3 Å². The third-order valence-corrected chi connectivity index (χ3v) is 8.65. The minimum atomic E-state index is -4.71. The Morgan fingerprint density at radius 1 is 0.646 bits per heavy atom. The highest BCUT2D eigenvalue weighted by Gasteiger charge is 2.28. The second kappa shape index (κ2) is 32.2. The molecule has 0 amide bonds. The lowest BCUT2D eigenvalue weighted by molar-refractivity contribution is -0.161. The SMILES string of the molecule is CCCCCCCC/C=C/C/C=C/CCCCC(=O)O[C@@H](COC(=O)CCCCCCCCCCC)COP(=O)(O)OC[C@H](N)C(=O)O. The van der Waals surface area contributed by atoms with Crippen LogP contribution in [0.3, 0.4) is 0 Å². The number of nitrogens with two attached hydrogens (primary N) is 1. The van der Waals surface area contributed by atoms with E-state index in [4.69, 9.17) is 24.8 Å². The van der Waals surface area contributed by atoms with Crippen molar-refractivity contribution in [2.45, 2.75) is 167 Å². The molecule has 0 spiro atoms. The number of ether oxygens (including phenoxy) is 2. The van der Waals surface area contributed by atoms with Crippen molar-refractivity contribution in [2.24, 2.45) is 5.73 Å². The van der Waals surface area contributed by atoms with Crippen molar-refractivity contribution in [2.75, 3.05) is 19.8 Å². The van der Waals surface area contributed by atoms with Crippen molar-refractivity contribution in [3.63, 3.8) is 0 Å². The predicted molar refractivity (Wildman–Crippen MR) is 189 cm³/mol. The predicted octanol–water partition coefficient (Wildman–Crippen LogP) is 8.72. The van der Waals surface area contributed by atoms with Crippen LogP contribution in [0.1, 0.15) is 155 Å². The van der Waals surface area contributed by atoms with Gasteiger partial charge in [-0.05, 0) is 44.9 Å². The molecule has 0 saturated heterocycles. The summed E-state index contributed by atoms with van der Waals surface area (Å²) in [6.07, 6.45) is 29.8. The molecule has 280 valence electrons. The van der Waals surface area contributed by atoms with E-state index in [1.807, 2.05) is 0 Å². The summed E-state index contributed by atoms with van der Waals surface area (Å²) in [6, 6.07) is -1.52. The molecule has 0 radical (unpaired) electrons. The summed E-state index contributed by atoms with van der Waals surface area (Å²) in [4.78, 5) is 45.6. The van der Waals surface area contributed by atoms with Gasteiger partial charge in [0.05, 0.1) is 13.2 Å². The van der Waals surface area contributed by atoms with Crippen LogP contribution in [0.5, 0.6) is 0 Å². The second-order valence-corrected chi connectivity index (χ2v) is 13.8. The molecule has 11 nitrogen and oxygen atoms in total. The molecule has 0 aromatic rings. The van der Waals surface area contributed by atoms with Crippen LogP contribution >= 0.6 is 7.82 Å². The van der Waals surface area contributed by atoms with Crippen LogP contribution in [0.15, 0.2) is 24.3 Å². The third-order valence-electron chi connectivity index (χ3n) is 7.70. The molecule has 0 aliphatic rings. The first-order valence-corrected chi connectivity index (χ1v) is 19.9. The smallest absolute Gasteiger partial charge is 0.472 e. The van der Waals surface area contributed by atoms with Gasteiger partial charge >= 0.3 is 25.7 Å². The summed E-state index contributed by atoms with van der Waals surface area (Å²) in [5.74, 6) is -2.42. The van der Waals surface area contributed by atoms with Gasteiger partial charge in [-0.3, -0.25) is 23.4 Å². The van der Waals surface area contributed by atoms with Crippen molar-refractivity contribution < 1.29 is 47.5 Å². The summed E-state index contributed by atoms with van der Waals surface area (Å²) in [7, 11) is -4.71. The molecule has 0 bridgehead atoms.